The van der Waals surface area contributed by atoms with Crippen LogP contribution in [0.4, 0.5) is 5.82 Å². The maximum atomic E-state index is 12.0. The Bertz CT molecular complexity index is 407. The molecule has 18 heavy (non-hydrogen) atoms. The first-order chi connectivity index (χ1) is 8.65. The number of alkyl halides is 1. The normalized spacial score (nSPS) is 10.9. The molecule has 0 amide bonds. The summed E-state index contributed by atoms with van der Waals surface area (Å²) in [5.41, 5.74) is -0.0939. The summed E-state index contributed by atoms with van der Waals surface area (Å²) in [7, 11) is 0. The van der Waals surface area contributed by atoms with E-state index in [-0.39, 0.29) is 5.56 Å². The van der Waals surface area contributed by atoms with Crippen LogP contribution in [0.2, 0.25) is 0 Å². The quantitative estimate of drug-likeness (QED) is 0.577. The van der Waals surface area contributed by atoms with Gasteiger partial charge in [-0.2, -0.15) is 0 Å². The van der Waals surface area contributed by atoms with Crippen LogP contribution in [0, 0.1) is 5.92 Å². The molecule has 0 aliphatic carbocycles. The van der Waals surface area contributed by atoms with E-state index in [9.17, 15) is 4.79 Å². The highest BCUT2D eigenvalue weighted by molar-refractivity contribution is 6.17. The molecule has 1 rings (SSSR count). The maximum Gasteiger partial charge on any atom is 0.293 e. The molecular weight excluding hydrogens is 254 g/mol. The van der Waals surface area contributed by atoms with Crippen molar-refractivity contribution in [3.8, 4) is 0 Å². The number of halogens is 1. The van der Waals surface area contributed by atoms with E-state index in [1.165, 1.54) is 0 Å². The molecular formula is C12H20ClN3O2. The Labute approximate surface area is 112 Å². The van der Waals surface area contributed by atoms with Gasteiger partial charge in [-0.25, -0.2) is 4.98 Å². The van der Waals surface area contributed by atoms with Crippen LogP contribution < -0.4 is 10.9 Å². The summed E-state index contributed by atoms with van der Waals surface area (Å²) in [5, 5.41) is 2.97. The Balaban J connectivity index is 2.53. The number of nitrogens with zero attached hydrogens (tertiary/aromatic N) is 2. The van der Waals surface area contributed by atoms with Gasteiger partial charge in [0.05, 0.1) is 13.2 Å². The van der Waals surface area contributed by atoms with Crippen molar-refractivity contribution in [3.63, 3.8) is 0 Å². The largest absolute Gasteiger partial charge is 0.378 e. The molecule has 1 aromatic rings. The number of hydrogen-bond acceptors (Lipinski definition) is 4. The monoisotopic (exact) mass is 273 g/mol. The summed E-state index contributed by atoms with van der Waals surface area (Å²) in [6, 6.07) is 0. The molecule has 5 nitrogen and oxygen atoms in total. The first-order valence-corrected chi connectivity index (χ1v) is 6.61. The minimum atomic E-state index is -0.0939. The molecule has 102 valence electrons. The van der Waals surface area contributed by atoms with E-state index in [0.29, 0.717) is 43.9 Å². The van der Waals surface area contributed by atoms with E-state index in [1.54, 1.807) is 17.0 Å². The second-order valence-corrected chi connectivity index (χ2v) is 4.73. The number of anilines is 1. The topological polar surface area (TPSA) is 56.1 Å². The highest BCUT2D eigenvalue weighted by Gasteiger charge is 2.05. The van der Waals surface area contributed by atoms with Crippen molar-refractivity contribution in [2.75, 3.05) is 31.0 Å². The lowest BCUT2D eigenvalue weighted by Gasteiger charge is -2.10. The van der Waals surface area contributed by atoms with E-state index in [4.69, 9.17) is 16.3 Å². The molecule has 0 aromatic carbocycles. The first kappa shape index (κ1) is 15.0. The van der Waals surface area contributed by atoms with Crippen molar-refractivity contribution in [1.29, 1.82) is 0 Å². The molecule has 0 aliphatic rings. The fourth-order valence-corrected chi connectivity index (χ4v) is 1.61. The molecule has 1 aromatic heterocycles. The lowest BCUT2D eigenvalue weighted by molar-refractivity contribution is 0.160. The van der Waals surface area contributed by atoms with Crippen molar-refractivity contribution >= 4 is 17.4 Å². The fraction of sp³-hybridized carbons (Fsp3) is 0.667. The predicted molar refractivity (Wildman–Crippen MR) is 73.4 cm³/mol. The van der Waals surface area contributed by atoms with Crippen LogP contribution in [0.1, 0.15) is 13.8 Å². The minimum absolute atomic E-state index is 0.0939. The Morgan fingerprint density at radius 3 is 2.94 bits per heavy atom. The lowest BCUT2D eigenvalue weighted by atomic mass is 10.2. The Kier molecular flexibility index (Phi) is 6.75. The van der Waals surface area contributed by atoms with Gasteiger partial charge in [0.15, 0.2) is 5.82 Å². The number of rotatable bonds is 8. The molecule has 0 fully saturated rings. The van der Waals surface area contributed by atoms with Crippen molar-refractivity contribution in [3.05, 3.63) is 22.7 Å². The van der Waals surface area contributed by atoms with Crippen molar-refractivity contribution in [2.24, 2.45) is 5.92 Å². The molecule has 0 spiro atoms. The zero-order valence-corrected chi connectivity index (χ0v) is 11.6. The van der Waals surface area contributed by atoms with Gasteiger partial charge in [-0.1, -0.05) is 13.8 Å². The highest BCUT2D eigenvalue weighted by atomic mass is 35.5. The number of aromatic nitrogens is 2. The molecule has 0 radical (unpaired) electrons. The Morgan fingerprint density at radius 1 is 1.50 bits per heavy atom. The van der Waals surface area contributed by atoms with Crippen molar-refractivity contribution in [1.82, 2.24) is 9.55 Å². The Hall–Kier alpha value is -1.07. The first-order valence-electron chi connectivity index (χ1n) is 6.08. The van der Waals surface area contributed by atoms with Gasteiger partial charge in [-0.15, -0.1) is 11.6 Å². The van der Waals surface area contributed by atoms with Crippen LogP contribution in [-0.4, -0.2) is 35.2 Å². The second-order valence-electron chi connectivity index (χ2n) is 4.36. The van der Waals surface area contributed by atoms with Gasteiger partial charge < -0.3 is 14.6 Å². The summed E-state index contributed by atoms with van der Waals surface area (Å²) < 4.78 is 6.87. The molecule has 0 saturated carbocycles. The molecule has 0 atom stereocenters. The molecule has 1 heterocycles. The second kappa shape index (κ2) is 8.11. The van der Waals surface area contributed by atoms with Gasteiger partial charge in [0.25, 0.3) is 5.56 Å². The highest BCUT2D eigenvalue weighted by Crippen LogP contribution is 1.98. The van der Waals surface area contributed by atoms with Gasteiger partial charge in [-0.05, 0) is 5.92 Å². The van der Waals surface area contributed by atoms with Crippen LogP contribution >= 0.6 is 11.6 Å². The van der Waals surface area contributed by atoms with E-state index in [1.807, 2.05) is 0 Å². The van der Waals surface area contributed by atoms with Crippen LogP contribution in [0.3, 0.4) is 0 Å². The molecule has 0 saturated heterocycles. The SMILES string of the molecule is CC(C)Cn1ccnc(NCCOCCCl)c1=O. The third-order valence-corrected chi connectivity index (χ3v) is 2.39. The maximum absolute atomic E-state index is 12.0. The third kappa shape index (κ3) is 5.06. The standard InChI is InChI=1S/C12H20ClN3O2/c1-10(2)9-16-6-4-14-11(12(16)17)15-5-8-18-7-3-13/h4,6,10H,3,5,7-9H2,1-2H3,(H,14,15). The van der Waals surface area contributed by atoms with Gasteiger partial charge in [0.1, 0.15) is 0 Å². The molecule has 0 unspecified atom stereocenters. The number of nitrogens with one attached hydrogen (secondary N) is 1. The van der Waals surface area contributed by atoms with E-state index in [0.717, 1.165) is 0 Å². The fourth-order valence-electron chi connectivity index (χ4n) is 1.50. The van der Waals surface area contributed by atoms with Crippen LogP contribution in [0.25, 0.3) is 0 Å². The summed E-state index contributed by atoms with van der Waals surface area (Å²) >= 11 is 5.48. The van der Waals surface area contributed by atoms with Gasteiger partial charge in [0.2, 0.25) is 0 Å². The zero-order valence-electron chi connectivity index (χ0n) is 10.9. The van der Waals surface area contributed by atoms with Crippen LogP contribution in [0.5, 0.6) is 0 Å². The Morgan fingerprint density at radius 2 is 2.28 bits per heavy atom. The third-order valence-electron chi connectivity index (χ3n) is 2.24. The van der Waals surface area contributed by atoms with Gasteiger partial charge >= 0.3 is 0 Å². The molecule has 0 bridgehead atoms. The molecule has 6 heteroatoms. The summed E-state index contributed by atoms with van der Waals surface area (Å²) in [5.74, 6) is 1.27. The smallest absolute Gasteiger partial charge is 0.293 e. The van der Waals surface area contributed by atoms with Crippen LogP contribution in [0.15, 0.2) is 17.2 Å². The number of ether oxygens (including phenoxy) is 1. The van der Waals surface area contributed by atoms with Gasteiger partial charge in [0, 0.05) is 31.4 Å². The van der Waals surface area contributed by atoms with E-state index >= 15 is 0 Å². The number of hydrogen-bond donors (Lipinski definition) is 1. The minimum Gasteiger partial charge on any atom is -0.378 e. The van der Waals surface area contributed by atoms with Crippen LogP contribution in [-0.2, 0) is 11.3 Å². The zero-order chi connectivity index (χ0) is 13.4. The molecule has 0 aliphatic heterocycles. The van der Waals surface area contributed by atoms with Crippen molar-refractivity contribution in [2.45, 2.75) is 20.4 Å². The lowest BCUT2D eigenvalue weighted by Crippen LogP contribution is -2.27. The van der Waals surface area contributed by atoms with Gasteiger partial charge in [-0.3, -0.25) is 4.79 Å². The van der Waals surface area contributed by atoms with E-state index in [2.05, 4.69) is 24.1 Å². The summed E-state index contributed by atoms with van der Waals surface area (Å²) in [4.78, 5) is 16.0. The summed E-state index contributed by atoms with van der Waals surface area (Å²) in [6.07, 6.45) is 3.34. The van der Waals surface area contributed by atoms with E-state index < -0.39 is 0 Å². The molecule has 1 N–H and O–H groups in total. The average molecular weight is 274 g/mol. The summed E-state index contributed by atoms with van der Waals surface area (Å²) in [6.45, 7) is 6.40. The van der Waals surface area contributed by atoms with Crippen molar-refractivity contribution < 1.29 is 4.74 Å². The average Bonchev–Trinajstić information content (AvgIpc) is 2.33. The predicted octanol–water partition coefficient (Wildman–Crippen LogP) is 1.57.